The van der Waals surface area contributed by atoms with Gasteiger partial charge in [0.15, 0.2) is 0 Å². The predicted molar refractivity (Wildman–Crippen MR) is 69.1 cm³/mol. The first-order valence-electron chi connectivity index (χ1n) is 7.32. The van der Waals surface area contributed by atoms with Crippen molar-refractivity contribution in [2.45, 2.75) is 38.5 Å². The van der Waals surface area contributed by atoms with E-state index in [0.29, 0.717) is 12.0 Å². The van der Waals surface area contributed by atoms with Crippen LogP contribution in [0.4, 0.5) is 4.79 Å². The molecule has 4 saturated carbocycles. The Bertz CT molecular complexity index is 294. The molecule has 2 amide bonds. The molecule has 0 aliphatic heterocycles. The van der Waals surface area contributed by atoms with Crippen molar-refractivity contribution in [3.05, 3.63) is 0 Å². The molecule has 4 fully saturated rings. The van der Waals surface area contributed by atoms with E-state index in [-0.39, 0.29) is 12.6 Å². The molecular weight excluding hydrogens is 228 g/mol. The van der Waals surface area contributed by atoms with Gasteiger partial charge in [-0.05, 0) is 61.7 Å². The van der Waals surface area contributed by atoms with Crippen LogP contribution in [0.15, 0.2) is 0 Å². The summed E-state index contributed by atoms with van der Waals surface area (Å²) in [6.07, 6.45) is 8.28. The zero-order valence-electron chi connectivity index (χ0n) is 11.0. The monoisotopic (exact) mass is 252 g/mol. The maximum atomic E-state index is 11.6. The Hall–Kier alpha value is -0.770. The smallest absolute Gasteiger partial charge is 0.314 e. The predicted octanol–water partition coefficient (Wildman–Crippen LogP) is 1.49. The summed E-state index contributed by atoms with van der Waals surface area (Å²) < 4.78 is 0. The lowest BCUT2D eigenvalue weighted by molar-refractivity contribution is -0.0498. The van der Waals surface area contributed by atoms with Crippen molar-refractivity contribution in [1.82, 2.24) is 10.6 Å². The molecule has 18 heavy (non-hydrogen) atoms. The molecule has 4 heteroatoms. The van der Waals surface area contributed by atoms with Gasteiger partial charge >= 0.3 is 6.03 Å². The molecule has 0 unspecified atom stereocenters. The first kappa shape index (κ1) is 12.3. The van der Waals surface area contributed by atoms with Crippen LogP contribution in [0.3, 0.4) is 0 Å². The summed E-state index contributed by atoms with van der Waals surface area (Å²) in [6, 6.07) is -0.125. The van der Waals surface area contributed by atoms with Crippen LogP contribution in [0.1, 0.15) is 38.5 Å². The number of nitrogens with one attached hydrogen (secondary N) is 2. The molecule has 4 aliphatic carbocycles. The Labute approximate surface area is 109 Å². The molecule has 4 nitrogen and oxygen atoms in total. The molecule has 0 heterocycles. The average molecular weight is 252 g/mol. The van der Waals surface area contributed by atoms with Gasteiger partial charge in [-0.2, -0.15) is 0 Å². The molecule has 0 spiro atoms. The van der Waals surface area contributed by atoms with E-state index in [1.165, 1.54) is 38.5 Å². The fourth-order valence-electron chi connectivity index (χ4n) is 5.01. The second kappa shape index (κ2) is 4.72. The van der Waals surface area contributed by atoms with E-state index in [0.717, 1.165) is 24.3 Å². The molecule has 102 valence electrons. The minimum atomic E-state index is -0.125. The van der Waals surface area contributed by atoms with Crippen LogP contribution >= 0.6 is 0 Å². The summed E-state index contributed by atoms with van der Waals surface area (Å²) in [5.41, 5.74) is 0.394. The van der Waals surface area contributed by atoms with Gasteiger partial charge in [-0.15, -0.1) is 0 Å². The fourth-order valence-corrected chi connectivity index (χ4v) is 5.01. The van der Waals surface area contributed by atoms with Gasteiger partial charge in [0.2, 0.25) is 0 Å². The van der Waals surface area contributed by atoms with Crippen LogP contribution in [-0.2, 0) is 0 Å². The third-order valence-electron chi connectivity index (χ3n) is 5.19. The summed E-state index contributed by atoms with van der Waals surface area (Å²) >= 11 is 0. The molecular formula is C14H24N2O2. The van der Waals surface area contributed by atoms with Crippen molar-refractivity contribution in [2.75, 3.05) is 19.7 Å². The topological polar surface area (TPSA) is 61.4 Å². The number of carbonyl (C=O) groups excluding carboxylic acids is 1. The van der Waals surface area contributed by atoms with Crippen LogP contribution in [0.25, 0.3) is 0 Å². The highest BCUT2D eigenvalue weighted by Gasteiger charge is 2.50. The molecule has 0 saturated heterocycles. The number of aliphatic hydroxyl groups excluding tert-OH is 1. The van der Waals surface area contributed by atoms with Crippen LogP contribution in [-0.4, -0.2) is 30.8 Å². The molecule has 3 N–H and O–H groups in total. The van der Waals surface area contributed by atoms with Gasteiger partial charge in [-0.3, -0.25) is 0 Å². The van der Waals surface area contributed by atoms with Crippen molar-refractivity contribution in [2.24, 2.45) is 23.2 Å². The SMILES string of the molecule is O=C(NCCO)NCC12CC3CC(CC(C3)C1)C2. The van der Waals surface area contributed by atoms with E-state index in [1.54, 1.807) is 0 Å². The highest BCUT2D eigenvalue weighted by molar-refractivity contribution is 5.73. The average Bonchev–Trinajstić information content (AvgIpc) is 2.32. The second-order valence-corrected chi connectivity index (χ2v) is 6.75. The van der Waals surface area contributed by atoms with Gasteiger partial charge in [-0.25, -0.2) is 4.79 Å². The molecule has 0 atom stereocenters. The first-order chi connectivity index (χ1) is 8.69. The van der Waals surface area contributed by atoms with Gasteiger partial charge in [0.25, 0.3) is 0 Å². The molecule has 0 aromatic heterocycles. The van der Waals surface area contributed by atoms with E-state index >= 15 is 0 Å². The number of aliphatic hydroxyl groups is 1. The maximum absolute atomic E-state index is 11.6. The molecule has 4 rings (SSSR count). The van der Waals surface area contributed by atoms with Crippen LogP contribution in [0.5, 0.6) is 0 Å². The number of urea groups is 1. The van der Waals surface area contributed by atoms with Crippen molar-refractivity contribution in [1.29, 1.82) is 0 Å². The van der Waals surface area contributed by atoms with Crippen molar-refractivity contribution in [3.63, 3.8) is 0 Å². The van der Waals surface area contributed by atoms with E-state index < -0.39 is 0 Å². The number of carbonyl (C=O) groups is 1. The lowest BCUT2D eigenvalue weighted by Crippen LogP contribution is -2.52. The zero-order chi connectivity index (χ0) is 12.6. The lowest BCUT2D eigenvalue weighted by atomic mass is 9.49. The third kappa shape index (κ3) is 2.35. The Morgan fingerprint density at radius 3 is 2.11 bits per heavy atom. The van der Waals surface area contributed by atoms with Crippen molar-refractivity contribution >= 4 is 6.03 Å². The normalized spacial score (nSPS) is 40.8. The molecule has 4 bridgehead atoms. The lowest BCUT2D eigenvalue weighted by Gasteiger charge is -2.56. The molecule has 0 aromatic rings. The van der Waals surface area contributed by atoms with E-state index in [4.69, 9.17) is 5.11 Å². The Morgan fingerprint density at radius 2 is 1.61 bits per heavy atom. The fraction of sp³-hybridized carbons (Fsp3) is 0.929. The summed E-state index contributed by atoms with van der Waals surface area (Å²) in [5.74, 6) is 2.79. The minimum Gasteiger partial charge on any atom is -0.395 e. The number of hydrogen-bond donors (Lipinski definition) is 3. The first-order valence-corrected chi connectivity index (χ1v) is 7.32. The van der Waals surface area contributed by atoms with Crippen LogP contribution in [0.2, 0.25) is 0 Å². The highest BCUT2D eigenvalue weighted by Crippen LogP contribution is 2.59. The largest absolute Gasteiger partial charge is 0.395 e. The van der Waals surface area contributed by atoms with Crippen molar-refractivity contribution in [3.8, 4) is 0 Å². The van der Waals surface area contributed by atoms with Gasteiger partial charge in [0.1, 0.15) is 0 Å². The number of rotatable bonds is 4. The maximum Gasteiger partial charge on any atom is 0.314 e. The van der Waals surface area contributed by atoms with Gasteiger partial charge < -0.3 is 15.7 Å². The molecule has 0 radical (unpaired) electrons. The Kier molecular flexibility index (Phi) is 3.22. The highest BCUT2D eigenvalue weighted by atomic mass is 16.3. The number of hydrogen-bond acceptors (Lipinski definition) is 2. The second-order valence-electron chi connectivity index (χ2n) is 6.75. The van der Waals surface area contributed by atoms with Crippen molar-refractivity contribution < 1.29 is 9.90 Å². The summed E-state index contributed by atoms with van der Waals surface area (Å²) in [7, 11) is 0. The van der Waals surface area contributed by atoms with Gasteiger partial charge in [0, 0.05) is 13.1 Å². The summed E-state index contributed by atoms with van der Waals surface area (Å²) in [6.45, 7) is 1.17. The quantitative estimate of drug-likeness (QED) is 0.710. The van der Waals surface area contributed by atoms with Crippen LogP contribution < -0.4 is 10.6 Å². The van der Waals surface area contributed by atoms with E-state index in [2.05, 4.69) is 10.6 Å². The zero-order valence-corrected chi connectivity index (χ0v) is 11.0. The third-order valence-corrected chi connectivity index (χ3v) is 5.19. The summed E-state index contributed by atoms with van der Waals surface area (Å²) in [5, 5.41) is 14.3. The molecule has 4 aliphatic rings. The Morgan fingerprint density at radius 1 is 1.06 bits per heavy atom. The van der Waals surface area contributed by atoms with E-state index in [1.807, 2.05) is 0 Å². The molecule has 0 aromatic carbocycles. The van der Waals surface area contributed by atoms with Gasteiger partial charge in [0.05, 0.1) is 6.61 Å². The van der Waals surface area contributed by atoms with Crippen LogP contribution in [0, 0.1) is 23.2 Å². The minimum absolute atomic E-state index is 0.00475. The van der Waals surface area contributed by atoms with E-state index in [9.17, 15) is 4.79 Å². The number of amides is 2. The van der Waals surface area contributed by atoms with Gasteiger partial charge in [-0.1, -0.05) is 0 Å². The standard InChI is InChI=1S/C14H24N2O2/c17-2-1-15-13(18)16-9-14-6-10-3-11(7-14)5-12(4-10)8-14/h10-12,17H,1-9H2,(H2,15,16,18). The Balaban J connectivity index is 1.54. The summed E-state index contributed by atoms with van der Waals surface area (Å²) in [4.78, 5) is 11.6.